The fraction of sp³-hybridized carbons (Fsp3) is 0.933. The second kappa shape index (κ2) is 6.71. The Morgan fingerprint density at radius 1 is 1.21 bits per heavy atom. The van der Waals surface area contributed by atoms with Crippen LogP contribution in [0, 0.1) is 11.8 Å². The summed E-state index contributed by atoms with van der Waals surface area (Å²) < 4.78 is 0. The number of likely N-dealkylation sites (tertiary alicyclic amines) is 1. The molecular formula is C15H29N3O. The molecule has 3 N–H and O–H groups in total. The van der Waals surface area contributed by atoms with Crippen LogP contribution in [0.25, 0.3) is 0 Å². The summed E-state index contributed by atoms with van der Waals surface area (Å²) in [5.41, 5.74) is 5.88. The van der Waals surface area contributed by atoms with Crippen molar-refractivity contribution in [3.05, 3.63) is 0 Å². The first kappa shape index (κ1) is 14.8. The standard InChI is InChI=1S/C15H29N3O/c1-11-4-3-5-14(12(11)2)17-15(19)10-18-8-6-13(16)7-9-18/h11-14H,3-10,16H2,1-2H3,(H,17,19). The third-order valence-electron chi connectivity index (χ3n) is 5.05. The van der Waals surface area contributed by atoms with Gasteiger partial charge in [-0.05, 0) is 31.1 Å². The summed E-state index contributed by atoms with van der Waals surface area (Å²) in [4.78, 5) is 14.4. The van der Waals surface area contributed by atoms with Gasteiger partial charge in [-0.3, -0.25) is 9.69 Å². The lowest BCUT2D eigenvalue weighted by Gasteiger charge is -2.35. The molecule has 1 amide bonds. The summed E-state index contributed by atoms with van der Waals surface area (Å²) in [7, 11) is 0. The van der Waals surface area contributed by atoms with Crippen molar-refractivity contribution < 1.29 is 4.79 Å². The number of hydrogen-bond acceptors (Lipinski definition) is 3. The van der Waals surface area contributed by atoms with Crippen LogP contribution in [0.1, 0.15) is 46.0 Å². The molecule has 3 atom stereocenters. The van der Waals surface area contributed by atoms with Crippen LogP contribution in [0.4, 0.5) is 0 Å². The lowest BCUT2D eigenvalue weighted by molar-refractivity contribution is -0.124. The highest BCUT2D eigenvalue weighted by atomic mass is 16.2. The molecule has 3 unspecified atom stereocenters. The van der Waals surface area contributed by atoms with Crippen molar-refractivity contribution >= 4 is 5.91 Å². The van der Waals surface area contributed by atoms with Crippen molar-refractivity contribution in [1.29, 1.82) is 0 Å². The van der Waals surface area contributed by atoms with Gasteiger partial charge in [0.25, 0.3) is 0 Å². The van der Waals surface area contributed by atoms with E-state index in [-0.39, 0.29) is 5.91 Å². The van der Waals surface area contributed by atoms with E-state index in [1.807, 2.05) is 0 Å². The summed E-state index contributed by atoms with van der Waals surface area (Å²) >= 11 is 0. The minimum absolute atomic E-state index is 0.196. The summed E-state index contributed by atoms with van der Waals surface area (Å²) in [5.74, 6) is 1.53. The van der Waals surface area contributed by atoms with Gasteiger partial charge in [-0.15, -0.1) is 0 Å². The van der Waals surface area contributed by atoms with Crippen LogP contribution in [0.5, 0.6) is 0 Å². The largest absolute Gasteiger partial charge is 0.352 e. The van der Waals surface area contributed by atoms with Crippen molar-refractivity contribution in [2.45, 2.75) is 58.0 Å². The molecule has 0 spiro atoms. The fourth-order valence-corrected chi connectivity index (χ4v) is 3.35. The van der Waals surface area contributed by atoms with E-state index >= 15 is 0 Å². The van der Waals surface area contributed by atoms with Gasteiger partial charge in [0, 0.05) is 25.2 Å². The molecule has 2 aliphatic rings. The average molecular weight is 267 g/mol. The molecule has 0 radical (unpaired) electrons. The first-order valence-corrected chi connectivity index (χ1v) is 7.83. The number of nitrogens with one attached hydrogen (secondary N) is 1. The number of piperidine rings is 1. The smallest absolute Gasteiger partial charge is 0.234 e. The van der Waals surface area contributed by atoms with Crippen LogP contribution in [0.15, 0.2) is 0 Å². The number of hydrogen-bond donors (Lipinski definition) is 2. The number of amides is 1. The van der Waals surface area contributed by atoms with Crippen molar-refractivity contribution in [3.63, 3.8) is 0 Å². The molecule has 0 bridgehead atoms. The van der Waals surface area contributed by atoms with E-state index in [9.17, 15) is 4.79 Å². The highest BCUT2D eigenvalue weighted by Crippen LogP contribution is 2.29. The van der Waals surface area contributed by atoms with Crippen molar-refractivity contribution in [1.82, 2.24) is 10.2 Å². The van der Waals surface area contributed by atoms with Gasteiger partial charge in [0.05, 0.1) is 6.54 Å². The van der Waals surface area contributed by atoms with Crippen molar-refractivity contribution in [2.75, 3.05) is 19.6 Å². The SMILES string of the molecule is CC1CCCC(NC(=O)CN2CCC(N)CC2)C1C. The predicted octanol–water partition coefficient (Wildman–Crippen LogP) is 1.35. The number of nitrogens with zero attached hydrogens (tertiary/aromatic N) is 1. The number of nitrogens with two attached hydrogens (primary N) is 1. The molecular weight excluding hydrogens is 238 g/mol. The van der Waals surface area contributed by atoms with Gasteiger partial charge in [0.2, 0.25) is 5.91 Å². The number of carbonyl (C=O) groups is 1. The molecule has 1 aliphatic heterocycles. The Labute approximate surface area is 117 Å². The van der Waals surface area contributed by atoms with Crippen LogP contribution in [-0.2, 0) is 4.79 Å². The van der Waals surface area contributed by atoms with E-state index in [0.717, 1.165) is 38.3 Å². The molecule has 2 fully saturated rings. The maximum absolute atomic E-state index is 12.1. The molecule has 1 aliphatic carbocycles. The predicted molar refractivity (Wildman–Crippen MR) is 77.8 cm³/mol. The van der Waals surface area contributed by atoms with Gasteiger partial charge in [-0.1, -0.05) is 26.7 Å². The summed E-state index contributed by atoms with van der Waals surface area (Å²) in [6.07, 6.45) is 5.73. The third-order valence-corrected chi connectivity index (χ3v) is 5.05. The highest BCUT2D eigenvalue weighted by molar-refractivity contribution is 5.78. The normalized spacial score (nSPS) is 34.2. The van der Waals surface area contributed by atoms with Crippen molar-refractivity contribution in [2.24, 2.45) is 17.6 Å². The Hall–Kier alpha value is -0.610. The molecule has 1 saturated carbocycles. The summed E-state index contributed by atoms with van der Waals surface area (Å²) in [6.45, 7) is 7.05. The van der Waals surface area contributed by atoms with Crippen LogP contribution >= 0.6 is 0 Å². The van der Waals surface area contributed by atoms with E-state index in [1.54, 1.807) is 0 Å². The molecule has 0 aromatic heterocycles. The monoisotopic (exact) mass is 267 g/mol. The molecule has 1 heterocycles. The zero-order chi connectivity index (χ0) is 13.8. The zero-order valence-electron chi connectivity index (χ0n) is 12.4. The lowest BCUT2D eigenvalue weighted by atomic mass is 9.78. The lowest BCUT2D eigenvalue weighted by Crippen LogP contribution is -2.49. The van der Waals surface area contributed by atoms with Gasteiger partial charge >= 0.3 is 0 Å². The fourth-order valence-electron chi connectivity index (χ4n) is 3.35. The second-order valence-corrected chi connectivity index (χ2v) is 6.55. The van der Waals surface area contributed by atoms with Gasteiger partial charge in [0.1, 0.15) is 0 Å². The first-order valence-electron chi connectivity index (χ1n) is 7.83. The van der Waals surface area contributed by atoms with E-state index in [0.29, 0.717) is 24.5 Å². The zero-order valence-corrected chi connectivity index (χ0v) is 12.4. The summed E-state index contributed by atoms with van der Waals surface area (Å²) in [5, 5.41) is 3.25. The molecule has 0 aromatic rings. The minimum Gasteiger partial charge on any atom is -0.352 e. The molecule has 1 saturated heterocycles. The Morgan fingerprint density at radius 2 is 1.89 bits per heavy atom. The van der Waals surface area contributed by atoms with Gasteiger partial charge < -0.3 is 11.1 Å². The Morgan fingerprint density at radius 3 is 2.58 bits per heavy atom. The Balaban J connectivity index is 1.74. The summed E-state index contributed by atoms with van der Waals surface area (Å²) in [6, 6.07) is 0.710. The van der Waals surface area contributed by atoms with Crippen molar-refractivity contribution in [3.8, 4) is 0 Å². The Bertz CT molecular complexity index is 300. The van der Waals surface area contributed by atoms with Gasteiger partial charge in [-0.2, -0.15) is 0 Å². The quantitative estimate of drug-likeness (QED) is 0.811. The Kier molecular flexibility index (Phi) is 5.22. The maximum Gasteiger partial charge on any atom is 0.234 e. The highest BCUT2D eigenvalue weighted by Gasteiger charge is 2.28. The first-order chi connectivity index (χ1) is 9.06. The average Bonchev–Trinajstić information content (AvgIpc) is 2.38. The van der Waals surface area contributed by atoms with E-state index < -0.39 is 0 Å². The molecule has 2 rings (SSSR count). The number of rotatable bonds is 3. The van der Waals surface area contributed by atoms with Crippen LogP contribution in [-0.4, -0.2) is 42.5 Å². The molecule has 19 heavy (non-hydrogen) atoms. The van der Waals surface area contributed by atoms with E-state index in [4.69, 9.17) is 5.73 Å². The van der Waals surface area contributed by atoms with E-state index in [2.05, 4.69) is 24.1 Å². The maximum atomic E-state index is 12.1. The minimum atomic E-state index is 0.196. The molecule has 110 valence electrons. The number of carbonyl (C=O) groups excluding carboxylic acids is 1. The third kappa shape index (κ3) is 4.18. The van der Waals surface area contributed by atoms with Gasteiger partial charge in [-0.25, -0.2) is 0 Å². The van der Waals surface area contributed by atoms with Crippen LogP contribution in [0.2, 0.25) is 0 Å². The van der Waals surface area contributed by atoms with Gasteiger partial charge in [0.15, 0.2) is 0 Å². The van der Waals surface area contributed by atoms with Crippen LogP contribution < -0.4 is 11.1 Å². The topological polar surface area (TPSA) is 58.4 Å². The molecule has 4 nitrogen and oxygen atoms in total. The molecule has 0 aromatic carbocycles. The van der Waals surface area contributed by atoms with E-state index in [1.165, 1.54) is 12.8 Å². The molecule has 4 heteroatoms. The van der Waals surface area contributed by atoms with Crippen LogP contribution in [0.3, 0.4) is 0 Å². The second-order valence-electron chi connectivity index (χ2n) is 6.55.